The maximum atomic E-state index is 12.3. The van der Waals surface area contributed by atoms with Crippen LogP contribution in [0.1, 0.15) is 36.8 Å². The third-order valence-electron chi connectivity index (χ3n) is 4.21. The standard InChI is InChI=1S/C18H28N2O2/c1-15-4-2-5-16(14-15)6-7-18(21)20-11-8-17(9-12-20)22-13-3-10-19/h2,4-5,14,17H,3,6-13,19H2,1H3. The zero-order valence-electron chi connectivity index (χ0n) is 13.6. The number of piperidine rings is 1. The van der Waals surface area contributed by atoms with E-state index in [1.165, 1.54) is 11.1 Å². The molecule has 0 unspecified atom stereocenters. The van der Waals surface area contributed by atoms with Crippen LogP contribution >= 0.6 is 0 Å². The number of aryl methyl sites for hydroxylation is 2. The lowest BCUT2D eigenvalue weighted by atomic mass is 10.0. The Hall–Kier alpha value is -1.39. The molecular formula is C18H28N2O2. The number of ether oxygens (including phenoxy) is 1. The summed E-state index contributed by atoms with van der Waals surface area (Å²) in [5.74, 6) is 0.266. The van der Waals surface area contributed by atoms with E-state index in [0.717, 1.165) is 45.4 Å². The number of benzene rings is 1. The minimum absolute atomic E-state index is 0.266. The van der Waals surface area contributed by atoms with Gasteiger partial charge in [0.1, 0.15) is 0 Å². The van der Waals surface area contributed by atoms with Crippen LogP contribution in [0.4, 0.5) is 0 Å². The van der Waals surface area contributed by atoms with Gasteiger partial charge in [0.15, 0.2) is 0 Å². The molecule has 0 atom stereocenters. The van der Waals surface area contributed by atoms with Gasteiger partial charge in [-0.25, -0.2) is 0 Å². The van der Waals surface area contributed by atoms with Crippen molar-refractivity contribution >= 4 is 5.91 Å². The molecule has 1 aliphatic heterocycles. The highest BCUT2D eigenvalue weighted by Crippen LogP contribution is 2.16. The number of likely N-dealkylation sites (tertiary alicyclic amines) is 1. The van der Waals surface area contributed by atoms with E-state index in [1.807, 2.05) is 4.90 Å². The average molecular weight is 304 g/mol. The third kappa shape index (κ3) is 5.43. The quantitative estimate of drug-likeness (QED) is 0.786. The summed E-state index contributed by atoms with van der Waals surface area (Å²) in [6, 6.07) is 8.39. The third-order valence-corrected chi connectivity index (χ3v) is 4.21. The fourth-order valence-corrected chi connectivity index (χ4v) is 2.88. The zero-order valence-corrected chi connectivity index (χ0v) is 13.6. The zero-order chi connectivity index (χ0) is 15.8. The van der Waals surface area contributed by atoms with E-state index in [9.17, 15) is 4.79 Å². The Morgan fingerprint density at radius 3 is 2.82 bits per heavy atom. The summed E-state index contributed by atoms with van der Waals surface area (Å²) in [5, 5.41) is 0. The minimum Gasteiger partial charge on any atom is -0.378 e. The van der Waals surface area contributed by atoms with Gasteiger partial charge in [-0.3, -0.25) is 4.79 Å². The van der Waals surface area contributed by atoms with Crippen LogP contribution in [0.15, 0.2) is 24.3 Å². The van der Waals surface area contributed by atoms with Crippen molar-refractivity contribution in [2.24, 2.45) is 5.73 Å². The molecule has 0 aromatic heterocycles. The van der Waals surface area contributed by atoms with Gasteiger partial charge < -0.3 is 15.4 Å². The van der Waals surface area contributed by atoms with Gasteiger partial charge in [0.05, 0.1) is 6.10 Å². The van der Waals surface area contributed by atoms with Gasteiger partial charge >= 0.3 is 0 Å². The van der Waals surface area contributed by atoms with E-state index in [2.05, 4.69) is 31.2 Å². The second-order valence-corrected chi connectivity index (χ2v) is 6.08. The van der Waals surface area contributed by atoms with Crippen LogP contribution in [0.25, 0.3) is 0 Å². The molecule has 1 saturated heterocycles. The van der Waals surface area contributed by atoms with Gasteiger partial charge in [0, 0.05) is 26.1 Å². The highest BCUT2D eigenvalue weighted by molar-refractivity contribution is 5.76. The van der Waals surface area contributed by atoms with Crippen LogP contribution in [0.5, 0.6) is 0 Å². The van der Waals surface area contributed by atoms with Crippen LogP contribution in [-0.4, -0.2) is 43.2 Å². The van der Waals surface area contributed by atoms with Gasteiger partial charge in [0.2, 0.25) is 5.91 Å². The number of nitrogens with two attached hydrogens (primary N) is 1. The van der Waals surface area contributed by atoms with Crippen molar-refractivity contribution < 1.29 is 9.53 Å². The minimum atomic E-state index is 0.266. The van der Waals surface area contributed by atoms with Crippen molar-refractivity contribution in [3.63, 3.8) is 0 Å². The Labute approximate surface area is 133 Å². The smallest absolute Gasteiger partial charge is 0.222 e. The van der Waals surface area contributed by atoms with E-state index < -0.39 is 0 Å². The van der Waals surface area contributed by atoms with Crippen molar-refractivity contribution in [1.29, 1.82) is 0 Å². The largest absolute Gasteiger partial charge is 0.378 e. The van der Waals surface area contributed by atoms with Crippen LogP contribution < -0.4 is 5.73 Å². The van der Waals surface area contributed by atoms with Crippen LogP contribution in [0.3, 0.4) is 0 Å². The number of amides is 1. The maximum Gasteiger partial charge on any atom is 0.222 e. The molecule has 0 radical (unpaired) electrons. The summed E-state index contributed by atoms with van der Waals surface area (Å²) < 4.78 is 5.78. The highest BCUT2D eigenvalue weighted by Gasteiger charge is 2.22. The average Bonchev–Trinajstić information content (AvgIpc) is 2.54. The predicted molar refractivity (Wildman–Crippen MR) is 88.7 cm³/mol. The van der Waals surface area contributed by atoms with Gasteiger partial charge in [-0.15, -0.1) is 0 Å². The van der Waals surface area contributed by atoms with Crippen molar-refractivity contribution in [3.05, 3.63) is 35.4 Å². The van der Waals surface area contributed by atoms with Crippen molar-refractivity contribution in [1.82, 2.24) is 4.90 Å². The molecule has 2 rings (SSSR count). The topological polar surface area (TPSA) is 55.6 Å². The lowest BCUT2D eigenvalue weighted by Gasteiger charge is -2.32. The second kappa shape index (κ2) is 8.91. The molecule has 0 spiro atoms. The number of nitrogens with zero attached hydrogens (tertiary/aromatic N) is 1. The first-order valence-electron chi connectivity index (χ1n) is 8.34. The molecule has 0 bridgehead atoms. The Kier molecular flexibility index (Phi) is 6.87. The Morgan fingerprint density at radius 1 is 1.36 bits per heavy atom. The lowest BCUT2D eigenvalue weighted by Crippen LogP contribution is -2.41. The van der Waals surface area contributed by atoms with Crippen molar-refractivity contribution in [3.8, 4) is 0 Å². The molecule has 2 N–H and O–H groups in total. The van der Waals surface area contributed by atoms with Gasteiger partial charge in [-0.2, -0.15) is 0 Å². The van der Waals surface area contributed by atoms with Gasteiger partial charge in [-0.1, -0.05) is 29.8 Å². The van der Waals surface area contributed by atoms with E-state index in [0.29, 0.717) is 19.1 Å². The van der Waals surface area contributed by atoms with Crippen molar-refractivity contribution in [2.45, 2.75) is 45.1 Å². The van der Waals surface area contributed by atoms with E-state index in [-0.39, 0.29) is 5.91 Å². The van der Waals surface area contributed by atoms with E-state index in [4.69, 9.17) is 10.5 Å². The summed E-state index contributed by atoms with van der Waals surface area (Å²) in [6.45, 7) is 5.14. The van der Waals surface area contributed by atoms with E-state index in [1.54, 1.807) is 0 Å². The molecular weight excluding hydrogens is 276 g/mol. The predicted octanol–water partition coefficient (Wildman–Crippen LogP) is 2.28. The molecule has 1 aromatic carbocycles. The Morgan fingerprint density at radius 2 is 2.14 bits per heavy atom. The normalized spacial score (nSPS) is 16.0. The molecule has 1 amide bonds. The molecule has 1 fully saturated rings. The molecule has 1 heterocycles. The fourth-order valence-electron chi connectivity index (χ4n) is 2.88. The summed E-state index contributed by atoms with van der Waals surface area (Å²) in [5.41, 5.74) is 7.96. The summed E-state index contributed by atoms with van der Waals surface area (Å²) in [4.78, 5) is 14.3. The number of hydrogen-bond acceptors (Lipinski definition) is 3. The number of rotatable bonds is 7. The van der Waals surface area contributed by atoms with Crippen LogP contribution in [0, 0.1) is 6.92 Å². The molecule has 4 nitrogen and oxygen atoms in total. The fraction of sp³-hybridized carbons (Fsp3) is 0.611. The first kappa shape index (κ1) is 17.0. The molecule has 1 aliphatic rings. The first-order chi connectivity index (χ1) is 10.7. The summed E-state index contributed by atoms with van der Waals surface area (Å²) >= 11 is 0. The molecule has 0 aliphatic carbocycles. The van der Waals surface area contributed by atoms with Gasteiger partial charge in [-0.05, 0) is 44.7 Å². The Bertz CT molecular complexity index is 468. The maximum absolute atomic E-state index is 12.3. The highest BCUT2D eigenvalue weighted by atomic mass is 16.5. The molecule has 1 aromatic rings. The number of hydrogen-bond donors (Lipinski definition) is 1. The first-order valence-corrected chi connectivity index (χ1v) is 8.34. The SMILES string of the molecule is Cc1cccc(CCC(=O)N2CCC(OCCCN)CC2)c1. The Balaban J connectivity index is 1.69. The molecule has 4 heteroatoms. The number of carbonyl (C=O) groups excluding carboxylic acids is 1. The van der Waals surface area contributed by atoms with Crippen LogP contribution in [0.2, 0.25) is 0 Å². The molecule has 22 heavy (non-hydrogen) atoms. The summed E-state index contributed by atoms with van der Waals surface area (Å²) in [6.07, 6.45) is 4.53. The lowest BCUT2D eigenvalue weighted by molar-refractivity contribution is -0.133. The van der Waals surface area contributed by atoms with Gasteiger partial charge in [0.25, 0.3) is 0 Å². The monoisotopic (exact) mass is 304 g/mol. The van der Waals surface area contributed by atoms with E-state index >= 15 is 0 Å². The number of carbonyl (C=O) groups is 1. The second-order valence-electron chi connectivity index (χ2n) is 6.08. The summed E-state index contributed by atoms with van der Waals surface area (Å²) in [7, 11) is 0. The van der Waals surface area contributed by atoms with Crippen molar-refractivity contribution in [2.75, 3.05) is 26.2 Å². The molecule has 0 saturated carbocycles. The van der Waals surface area contributed by atoms with Crippen LogP contribution in [-0.2, 0) is 16.0 Å². The molecule has 122 valence electrons.